The molecule has 3 rings (SSSR count). The number of aromatic nitrogens is 5. The monoisotopic (exact) mass is 299 g/mol. The molecule has 8 nitrogen and oxygen atoms in total. The van der Waals surface area contributed by atoms with Crippen LogP contribution in [-0.2, 0) is 4.74 Å². The van der Waals surface area contributed by atoms with Crippen LogP contribution in [0.4, 0.5) is 11.5 Å². The maximum Gasteiger partial charge on any atom is 0.184 e. The maximum absolute atomic E-state index is 6.19. The van der Waals surface area contributed by atoms with Crippen molar-refractivity contribution in [2.75, 3.05) is 24.8 Å². The van der Waals surface area contributed by atoms with Crippen LogP contribution in [-0.4, -0.2) is 44.7 Å². The molecular formula is C14H17N7O. The third kappa shape index (κ3) is 2.56. The molecule has 0 spiro atoms. The summed E-state index contributed by atoms with van der Waals surface area (Å²) in [6.45, 7) is 2.53. The molecule has 2 heterocycles. The van der Waals surface area contributed by atoms with Crippen LogP contribution < -0.4 is 11.1 Å². The number of methoxy groups -OCH3 is 1. The van der Waals surface area contributed by atoms with Gasteiger partial charge in [0.1, 0.15) is 17.5 Å². The Balaban J connectivity index is 2.01. The van der Waals surface area contributed by atoms with Gasteiger partial charge in [-0.1, -0.05) is 17.3 Å². The van der Waals surface area contributed by atoms with E-state index in [1.165, 1.54) is 6.33 Å². The molecule has 0 amide bonds. The van der Waals surface area contributed by atoms with Gasteiger partial charge >= 0.3 is 0 Å². The van der Waals surface area contributed by atoms with E-state index in [9.17, 15) is 0 Å². The first-order valence-corrected chi connectivity index (χ1v) is 6.87. The molecule has 0 radical (unpaired) electrons. The molecule has 0 bridgehead atoms. The molecule has 0 aliphatic rings. The topological polar surface area (TPSA) is 104 Å². The number of nitrogens with zero attached hydrogens (tertiary/aromatic N) is 5. The molecule has 1 aromatic carbocycles. The number of anilines is 2. The maximum atomic E-state index is 6.19. The number of nitrogens with one attached hydrogen (secondary N) is 1. The lowest BCUT2D eigenvalue weighted by Crippen LogP contribution is -2.23. The molecule has 8 heteroatoms. The van der Waals surface area contributed by atoms with Gasteiger partial charge in [0.05, 0.1) is 12.1 Å². The van der Waals surface area contributed by atoms with Gasteiger partial charge in [0.2, 0.25) is 0 Å². The molecule has 0 fully saturated rings. The number of nitrogen functional groups attached to an aromatic ring is 1. The first kappa shape index (κ1) is 14.2. The fourth-order valence-corrected chi connectivity index (χ4v) is 2.22. The van der Waals surface area contributed by atoms with Crippen molar-refractivity contribution in [2.24, 2.45) is 0 Å². The van der Waals surface area contributed by atoms with Gasteiger partial charge in [-0.25, -0.2) is 9.97 Å². The van der Waals surface area contributed by atoms with E-state index in [-0.39, 0.29) is 6.04 Å². The SMILES string of the molecule is COCC(C)Nc1ncnc(-n2nnc3ccccc32)c1N. The van der Waals surface area contributed by atoms with Gasteiger partial charge in [-0.05, 0) is 19.1 Å². The van der Waals surface area contributed by atoms with Gasteiger partial charge in [0, 0.05) is 13.2 Å². The Morgan fingerprint density at radius 3 is 2.95 bits per heavy atom. The van der Waals surface area contributed by atoms with Crippen LogP contribution in [0, 0.1) is 0 Å². The Morgan fingerprint density at radius 1 is 1.32 bits per heavy atom. The summed E-state index contributed by atoms with van der Waals surface area (Å²) >= 11 is 0. The molecule has 1 unspecified atom stereocenters. The fraction of sp³-hybridized carbons (Fsp3) is 0.286. The van der Waals surface area contributed by atoms with E-state index in [0.29, 0.717) is 23.9 Å². The number of fused-ring (bicyclic) bond motifs is 1. The Kier molecular flexibility index (Phi) is 3.84. The number of hydrogen-bond acceptors (Lipinski definition) is 7. The lowest BCUT2D eigenvalue weighted by atomic mass is 10.3. The minimum absolute atomic E-state index is 0.0718. The molecule has 114 valence electrons. The average Bonchev–Trinajstić information content (AvgIpc) is 2.94. The van der Waals surface area contributed by atoms with Crippen molar-refractivity contribution in [1.82, 2.24) is 25.0 Å². The largest absolute Gasteiger partial charge is 0.393 e. The zero-order valence-electron chi connectivity index (χ0n) is 12.4. The summed E-state index contributed by atoms with van der Waals surface area (Å²) in [7, 11) is 1.65. The number of ether oxygens (including phenoxy) is 1. The van der Waals surface area contributed by atoms with Gasteiger partial charge in [-0.3, -0.25) is 0 Å². The minimum Gasteiger partial charge on any atom is -0.393 e. The molecule has 3 aromatic rings. The van der Waals surface area contributed by atoms with Crippen LogP contribution in [0.1, 0.15) is 6.92 Å². The van der Waals surface area contributed by atoms with Crippen molar-refractivity contribution in [3.05, 3.63) is 30.6 Å². The number of rotatable bonds is 5. The second-order valence-electron chi connectivity index (χ2n) is 4.95. The predicted octanol–water partition coefficient (Wildman–Crippen LogP) is 1.24. The van der Waals surface area contributed by atoms with Crippen LogP contribution in [0.5, 0.6) is 0 Å². The lowest BCUT2D eigenvalue weighted by molar-refractivity contribution is 0.190. The van der Waals surface area contributed by atoms with Crippen molar-refractivity contribution in [2.45, 2.75) is 13.0 Å². The van der Waals surface area contributed by atoms with Crippen LogP contribution in [0.25, 0.3) is 16.9 Å². The molecule has 3 N–H and O–H groups in total. The fourth-order valence-electron chi connectivity index (χ4n) is 2.22. The number of benzene rings is 1. The summed E-state index contributed by atoms with van der Waals surface area (Å²) in [4.78, 5) is 8.42. The van der Waals surface area contributed by atoms with Crippen molar-refractivity contribution >= 4 is 22.5 Å². The van der Waals surface area contributed by atoms with Crippen molar-refractivity contribution in [3.63, 3.8) is 0 Å². The first-order chi connectivity index (χ1) is 10.7. The molecular weight excluding hydrogens is 282 g/mol. The van der Waals surface area contributed by atoms with Gasteiger partial charge in [-0.15, -0.1) is 5.10 Å². The number of nitrogens with two attached hydrogens (primary N) is 1. The summed E-state index contributed by atoms with van der Waals surface area (Å²) in [5.74, 6) is 1.05. The Morgan fingerprint density at radius 2 is 2.14 bits per heavy atom. The van der Waals surface area contributed by atoms with Crippen molar-refractivity contribution in [1.29, 1.82) is 0 Å². The van der Waals surface area contributed by atoms with Crippen molar-refractivity contribution in [3.8, 4) is 5.82 Å². The average molecular weight is 299 g/mol. The second kappa shape index (κ2) is 5.94. The van der Waals surface area contributed by atoms with Crippen molar-refractivity contribution < 1.29 is 4.74 Å². The third-order valence-electron chi connectivity index (χ3n) is 3.22. The normalized spacial score (nSPS) is 12.5. The number of para-hydroxylation sites is 1. The highest BCUT2D eigenvalue weighted by Gasteiger charge is 2.15. The summed E-state index contributed by atoms with van der Waals surface area (Å²) in [6.07, 6.45) is 1.45. The zero-order chi connectivity index (χ0) is 15.5. The Hall–Kier alpha value is -2.74. The van der Waals surface area contributed by atoms with Gasteiger partial charge in [-0.2, -0.15) is 4.68 Å². The highest BCUT2D eigenvalue weighted by molar-refractivity contribution is 5.78. The van der Waals surface area contributed by atoms with Gasteiger partial charge < -0.3 is 15.8 Å². The third-order valence-corrected chi connectivity index (χ3v) is 3.22. The van der Waals surface area contributed by atoms with E-state index in [0.717, 1.165) is 11.0 Å². The van der Waals surface area contributed by atoms with Gasteiger partial charge in [0.25, 0.3) is 0 Å². The standard InChI is InChI=1S/C14H17N7O/c1-9(7-22-2)18-13-12(15)14(17-8-16-13)21-11-6-4-3-5-10(11)19-20-21/h3-6,8-9H,7,15H2,1-2H3,(H,16,17,18). The van der Waals surface area contributed by atoms with E-state index in [4.69, 9.17) is 10.5 Å². The Bertz CT molecular complexity index is 786. The summed E-state index contributed by atoms with van der Waals surface area (Å²) in [5, 5.41) is 11.4. The second-order valence-corrected chi connectivity index (χ2v) is 4.95. The summed E-state index contributed by atoms with van der Waals surface area (Å²) in [5.41, 5.74) is 8.23. The Labute approximate surface area is 127 Å². The molecule has 0 aliphatic carbocycles. The summed E-state index contributed by atoms with van der Waals surface area (Å²) in [6, 6.07) is 7.69. The highest BCUT2D eigenvalue weighted by atomic mass is 16.5. The molecule has 0 saturated heterocycles. The molecule has 2 aromatic heterocycles. The van der Waals surface area contributed by atoms with E-state index >= 15 is 0 Å². The predicted molar refractivity (Wildman–Crippen MR) is 83.8 cm³/mol. The van der Waals surface area contributed by atoms with E-state index < -0.39 is 0 Å². The van der Waals surface area contributed by atoms with Crippen LogP contribution in [0.2, 0.25) is 0 Å². The van der Waals surface area contributed by atoms with E-state index in [2.05, 4.69) is 25.6 Å². The van der Waals surface area contributed by atoms with E-state index in [1.807, 2.05) is 31.2 Å². The smallest absolute Gasteiger partial charge is 0.184 e. The molecule has 1 atom stereocenters. The first-order valence-electron chi connectivity index (χ1n) is 6.87. The zero-order valence-corrected chi connectivity index (χ0v) is 12.4. The summed E-state index contributed by atoms with van der Waals surface area (Å²) < 4.78 is 6.71. The van der Waals surface area contributed by atoms with E-state index in [1.54, 1.807) is 11.8 Å². The lowest BCUT2D eigenvalue weighted by Gasteiger charge is -2.16. The van der Waals surface area contributed by atoms with Crippen LogP contribution in [0.3, 0.4) is 0 Å². The van der Waals surface area contributed by atoms with Gasteiger partial charge in [0.15, 0.2) is 11.6 Å². The highest BCUT2D eigenvalue weighted by Crippen LogP contribution is 2.24. The quantitative estimate of drug-likeness (QED) is 0.730. The van der Waals surface area contributed by atoms with Crippen LogP contribution >= 0.6 is 0 Å². The molecule has 22 heavy (non-hydrogen) atoms. The minimum atomic E-state index is 0.0718. The molecule has 0 aliphatic heterocycles. The van der Waals surface area contributed by atoms with Crippen LogP contribution in [0.15, 0.2) is 30.6 Å². The number of hydrogen-bond donors (Lipinski definition) is 2. The molecule has 0 saturated carbocycles.